The van der Waals surface area contributed by atoms with Crippen LogP contribution < -0.4 is 15.4 Å². The number of para-hydroxylation sites is 1. The summed E-state index contributed by atoms with van der Waals surface area (Å²) in [6.07, 6.45) is -4.67. The number of thiocarbonyl (C=S) groups is 1. The first-order valence-corrected chi connectivity index (χ1v) is 9.04. The lowest BCUT2D eigenvalue weighted by atomic mass is 10.1. The van der Waals surface area contributed by atoms with Crippen LogP contribution in [0.2, 0.25) is 0 Å². The summed E-state index contributed by atoms with van der Waals surface area (Å²) in [6, 6.07) is 18.4. The molecule has 0 spiro atoms. The first kappa shape index (κ1) is 20.5. The third-order valence-corrected chi connectivity index (χ3v) is 4.05. The minimum atomic E-state index is -4.67. The van der Waals surface area contributed by atoms with Crippen molar-refractivity contribution in [2.75, 3.05) is 5.32 Å². The first-order chi connectivity index (χ1) is 13.8. The molecule has 2 aromatic carbocycles. The fourth-order valence-corrected chi connectivity index (χ4v) is 2.72. The molecule has 29 heavy (non-hydrogen) atoms. The Morgan fingerprint density at radius 1 is 1.00 bits per heavy atom. The number of nitrogens with one attached hydrogen (secondary N) is 2. The van der Waals surface area contributed by atoms with Crippen molar-refractivity contribution in [3.05, 3.63) is 78.0 Å². The summed E-state index contributed by atoms with van der Waals surface area (Å²) < 4.78 is 45.1. The minimum absolute atomic E-state index is 0.0892. The van der Waals surface area contributed by atoms with Gasteiger partial charge in [-0.3, -0.25) is 0 Å². The third kappa shape index (κ3) is 5.89. The normalized spacial score (nSPS) is 12.1. The fourth-order valence-electron chi connectivity index (χ4n) is 2.45. The van der Waals surface area contributed by atoms with E-state index in [0.717, 1.165) is 11.6 Å². The molecule has 1 aromatic heterocycles. The molecule has 1 heterocycles. The Hall–Kier alpha value is -3.20. The molecule has 0 fully saturated rings. The van der Waals surface area contributed by atoms with Crippen LogP contribution in [0.25, 0.3) is 0 Å². The summed E-state index contributed by atoms with van der Waals surface area (Å²) in [4.78, 5) is 7.50. The van der Waals surface area contributed by atoms with Crippen molar-refractivity contribution in [2.45, 2.75) is 19.1 Å². The standard InChI is InChI=1S/C20H17F3N4OS/c1-13(14-8-4-2-5-9-14)24-19(29)27-18-25-16(20(21,22)23)12-17(26-18)28-15-10-6-3-7-11-15/h2-13H,1H3,(H2,24,25,26,27,29)/t13-/m1/s1. The summed E-state index contributed by atoms with van der Waals surface area (Å²) in [5.41, 5.74) is -0.172. The maximum Gasteiger partial charge on any atom is 0.433 e. The van der Waals surface area contributed by atoms with Crippen LogP contribution >= 0.6 is 12.2 Å². The van der Waals surface area contributed by atoms with Gasteiger partial charge in [-0.15, -0.1) is 0 Å². The number of alkyl halides is 3. The summed E-state index contributed by atoms with van der Waals surface area (Å²) in [5, 5.41) is 5.68. The van der Waals surface area contributed by atoms with E-state index < -0.39 is 11.9 Å². The van der Waals surface area contributed by atoms with Gasteiger partial charge >= 0.3 is 6.18 Å². The van der Waals surface area contributed by atoms with Gasteiger partial charge in [0.2, 0.25) is 11.8 Å². The van der Waals surface area contributed by atoms with Gasteiger partial charge in [0.15, 0.2) is 10.8 Å². The second-order valence-electron chi connectivity index (χ2n) is 6.06. The van der Waals surface area contributed by atoms with Gasteiger partial charge < -0.3 is 15.4 Å². The lowest BCUT2D eigenvalue weighted by Crippen LogP contribution is -2.31. The zero-order valence-electron chi connectivity index (χ0n) is 15.3. The van der Waals surface area contributed by atoms with Crippen molar-refractivity contribution in [1.82, 2.24) is 15.3 Å². The lowest BCUT2D eigenvalue weighted by molar-refractivity contribution is -0.141. The Kier molecular flexibility index (Phi) is 6.28. The van der Waals surface area contributed by atoms with Crippen LogP contribution in [0.4, 0.5) is 19.1 Å². The van der Waals surface area contributed by atoms with Gasteiger partial charge in [-0.05, 0) is 36.8 Å². The summed E-state index contributed by atoms with van der Waals surface area (Å²) >= 11 is 5.20. The number of rotatable bonds is 5. The van der Waals surface area contributed by atoms with Gasteiger partial charge in [0, 0.05) is 6.07 Å². The maximum absolute atomic E-state index is 13.2. The zero-order valence-corrected chi connectivity index (χ0v) is 16.1. The highest BCUT2D eigenvalue weighted by atomic mass is 32.1. The molecule has 0 aliphatic rings. The van der Waals surface area contributed by atoms with Gasteiger partial charge in [-0.1, -0.05) is 48.5 Å². The Bertz CT molecular complexity index is 968. The minimum Gasteiger partial charge on any atom is -0.439 e. The molecule has 3 rings (SSSR count). The van der Waals surface area contributed by atoms with Crippen molar-refractivity contribution in [2.24, 2.45) is 0 Å². The summed E-state index contributed by atoms with van der Waals surface area (Å²) in [7, 11) is 0. The van der Waals surface area contributed by atoms with Gasteiger partial charge in [-0.2, -0.15) is 18.2 Å². The second-order valence-corrected chi connectivity index (χ2v) is 6.47. The number of benzene rings is 2. The van der Waals surface area contributed by atoms with Gasteiger partial charge in [0.1, 0.15) is 5.75 Å². The molecule has 9 heteroatoms. The number of ether oxygens (including phenoxy) is 1. The molecule has 5 nitrogen and oxygen atoms in total. The van der Waals surface area contributed by atoms with E-state index in [-0.39, 0.29) is 23.0 Å². The average Bonchev–Trinajstić information content (AvgIpc) is 2.68. The molecule has 0 amide bonds. The molecule has 0 unspecified atom stereocenters. The molecule has 0 aliphatic heterocycles. The van der Waals surface area contributed by atoms with Crippen LogP contribution in [0.3, 0.4) is 0 Å². The van der Waals surface area contributed by atoms with Crippen LogP contribution in [0.5, 0.6) is 11.6 Å². The van der Waals surface area contributed by atoms with Crippen molar-refractivity contribution < 1.29 is 17.9 Å². The van der Waals surface area contributed by atoms with E-state index in [1.807, 2.05) is 37.3 Å². The summed E-state index contributed by atoms with van der Waals surface area (Å²) in [6.45, 7) is 1.88. The number of nitrogens with zero attached hydrogens (tertiary/aromatic N) is 2. The van der Waals surface area contributed by atoms with E-state index in [2.05, 4.69) is 20.6 Å². The Morgan fingerprint density at radius 3 is 2.24 bits per heavy atom. The quantitative estimate of drug-likeness (QED) is 0.546. The van der Waals surface area contributed by atoms with Crippen LogP contribution in [0.15, 0.2) is 66.7 Å². The molecular formula is C20H17F3N4OS. The van der Waals surface area contributed by atoms with E-state index in [4.69, 9.17) is 17.0 Å². The van der Waals surface area contributed by atoms with Gasteiger partial charge in [0.05, 0.1) is 6.04 Å². The molecule has 2 N–H and O–H groups in total. The predicted octanol–water partition coefficient (Wildman–Crippen LogP) is 5.34. The Morgan fingerprint density at radius 2 is 1.62 bits per heavy atom. The molecule has 3 aromatic rings. The second kappa shape index (κ2) is 8.87. The highest BCUT2D eigenvalue weighted by Gasteiger charge is 2.34. The van der Waals surface area contributed by atoms with Gasteiger partial charge in [-0.25, -0.2) is 4.98 Å². The topological polar surface area (TPSA) is 59.1 Å². The molecule has 0 aliphatic carbocycles. The molecule has 0 saturated carbocycles. The number of anilines is 1. The molecule has 0 bridgehead atoms. The van der Waals surface area contributed by atoms with E-state index >= 15 is 0 Å². The van der Waals surface area contributed by atoms with Crippen molar-refractivity contribution in [3.8, 4) is 11.6 Å². The Balaban J connectivity index is 1.78. The largest absolute Gasteiger partial charge is 0.439 e. The highest BCUT2D eigenvalue weighted by Crippen LogP contribution is 2.31. The van der Waals surface area contributed by atoms with Crippen LogP contribution in [-0.4, -0.2) is 15.1 Å². The number of halogens is 3. The SMILES string of the molecule is C[C@@H](NC(=S)Nc1nc(Oc2ccccc2)cc(C(F)(F)F)n1)c1ccccc1. The zero-order chi connectivity index (χ0) is 20.9. The monoisotopic (exact) mass is 418 g/mol. The number of aromatic nitrogens is 2. The molecule has 0 saturated heterocycles. The van der Waals surface area contributed by atoms with E-state index in [0.29, 0.717) is 5.75 Å². The van der Waals surface area contributed by atoms with Crippen molar-refractivity contribution in [1.29, 1.82) is 0 Å². The van der Waals surface area contributed by atoms with Crippen LogP contribution in [0, 0.1) is 0 Å². The number of hydrogen-bond acceptors (Lipinski definition) is 4. The lowest BCUT2D eigenvalue weighted by Gasteiger charge is -2.17. The third-order valence-electron chi connectivity index (χ3n) is 3.83. The van der Waals surface area contributed by atoms with Crippen LogP contribution in [-0.2, 0) is 6.18 Å². The number of hydrogen-bond donors (Lipinski definition) is 2. The van der Waals surface area contributed by atoms with E-state index in [9.17, 15) is 13.2 Å². The maximum atomic E-state index is 13.2. The molecular weight excluding hydrogens is 401 g/mol. The summed E-state index contributed by atoms with van der Waals surface area (Å²) in [5.74, 6) is -0.216. The van der Waals surface area contributed by atoms with E-state index in [1.165, 1.54) is 0 Å². The fraction of sp³-hybridized carbons (Fsp3) is 0.150. The smallest absolute Gasteiger partial charge is 0.433 e. The first-order valence-electron chi connectivity index (χ1n) is 8.63. The highest BCUT2D eigenvalue weighted by molar-refractivity contribution is 7.80. The molecule has 0 radical (unpaired) electrons. The predicted molar refractivity (Wildman–Crippen MR) is 108 cm³/mol. The van der Waals surface area contributed by atoms with Crippen LogP contribution in [0.1, 0.15) is 24.2 Å². The van der Waals surface area contributed by atoms with Gasteiger partial charge in [0.25, 0.3) is 0 Å². The van der Waals surface area contributed by atoms with Crippen molar-refractivity contribution in [3.63, 3.8) is 0 Å². The Labute approximate surface area is 171 Å². The molecule has 150 valence electrons. The molecule has 1 atom stereocenters. The van der Waals surface area contributed by atoms with Crippen molar-refractivity contribution >= 4 is 23.3 Å². The van der Waals surface area contributed by atoms with E-state index in [1.54, 1.807) is 30.3 Å². The average molecular weight is 418 g/mol.